The molecule has 0 spiro atoms. The van der Waals surface area contributed by atoms with E-state index < -0.39 is 5.41 Å². The predicted octanol–water partition coefficient (Wildman–Crippen LogP) is 3.25. The Balaban J connectivity index is 0.00000420. The molecule has 0 aliphatic carbocycles. The molecule has 160 valence electrons. The Hall–Kier alpha value is -2.10. The van der Waals surface area contributed by atoms with Gasteiger partial charge in [-0.25, -0.2) is 4.98 Å². The average Bonchev–Trinajstić information content (AvgIpc) is 3.14. The van der Waals surface area contributed by atoms with Gasteiger partial charge in [-0.1, -0.05) is 30.3 Å². The van der Waals surface area contributed by atoms with E-state index in [1.807, 2.05) is 64.0 Å². The standard InChI is InChI=1S/C21H32N6O.HI/c1-6-22-19(28)21(3,4)15-25-20(23-7-2)27(5)14-18-24-13-17(26-18)16-11-9-8-10-12-16;/h8-13H,6-7,14-15H2,1-5H3,(H,22,28)(H,23,25)(H,24,26);1H. The molecule has 0 bridgehead atoms. The van der Waals surface area contributed by atoms with E-state index in [9.17, 15) is 4.79 Å². The second-order valence-electron chi connectivity index (χ2n) is 7.38. The van der Waals surface area contributed by atoms with Crippen molar-refractivity contribution in [3.8, 4) is 11.3 Å². The number of aromatic amines is 1. The first-order valence-electron chi connectivity index (χ1n) is 9.74. The number of hydrogen-bond donors (Lipinski definition) is 3. The molecule has 1 amide bonds. The smallest absolute Gasteiger partial charge is 0.227 e. The molecule has 2 rings (SSSR count). The van der Waals surface area contributed by atoms with E-state index in [0.717, 1.165) is 29.6 Å². The van der Waals surface area contributed by atoms with Crippen molar-refractivity contribution >= 4 is 35.8 Å². The fourth-order valence-electron chi connectivity index (χ4n) is 2.72. The van der Waals surface area contributed by atoms with E-state index in [1.54, 1.807) is 0 Å². The highest BCUT2D eigenvalue weighted by Crippen LogP contribution is 2.17. The highest BCUT2D eigenvalue weighted by Gasteiger charge is 2.27. The minimum absolute atomic E-state index is 0. The maximum atomic E-state index is 12.2. The monoisotopic (exact) mass is 512 g/mol. The third kappa shape index (κ3) is 7.34. The number of H-pyrrole nitrogens is 1. The minimum atomic E-state index is -0.567. The van der Waals surface area contributed by atoms with Crippen molar-refractivity contribution in [2.24, 2.45) is 10.4 Å². The SMILES string of the molecule is CCNC(=O)C(C)(C)CN=C(NCC)N(C)Cc1ncc(-c2ccccc2)[nH]1.I. The van der Waals surface area contributed by atoms with Gasteiger partial charge in [0, 0.05) is 20.1 Å². The van der Waals surface area contributed by atoms with Gasteiger partial charge in [0.1, 0.15) is 5.82 Å². The molecule has 0 radical (unpaired) electrons. The number of aliphatic imine (C=N–C) groups is 1. The Morgan fingerprint density at radius 3 is 2.45 bits per heavy atom. The van der Waals surface area contributed by atoms with Crippen LogP contribution >= 0.6 is 24.0 Å². The summed E-state index contributed by atoms with van der Waals surface area (Å²) < 4.78 is 0. The maximum Gasteiger partial charge on any atom is 0.227 e. The largest absolute Gasteiger partial charge is 0.357 e. The molecule has 2 aromatic rings. The molecule has 1 aromatic carbocycles. The lowest BCUT2D eigenvalue weighted by Gasteiger charge is -2.25. The Bertz CT molecular complexity index is 787. The lowest BCUT2D eigenvalue weighted by molar-refractivity contribution is -0.128. The molecule has 7 nitrogen and oxygen atoms in total. The summed E-state index contributed by atoms with van der Waals surface area (Å²) in [7, 11) is 1.96. The van der Waals surface area contributed by atoms with Gasteiger partial charge in [0.05, 0.1) is 30.4 Å². The number of carbonyl (C=O) groups excluding carboxylic acids is 1. The number of halogens is 1. The minimum Gasteiger partial charge on any atom is -0.357 e. The zero-order chi connectivity index (χ0) is 20.6. The van der Waals surface area contributed by atoms with Gasteiger partial charge in [-0.3, -0.25) is 9.79 Å². The van der Waals surface area contributed by atoms with E-state index in [4.69, 9.17) is 0 Å². The van der Waals surface area contributed by atoms with Crippen LogP contribution in [0.1, 0.15) is 33.5 Å². The molecule has 0 aliphatic rings. The first-order valence-corrected chi connectivity index (χ1v) is 9.74. The van der Waals surface area contributed by atoms with Crippen molar-refractivity contribution in [1.82, 2.24) is 25.5 Å². The second kappa shape index (κ2) is 11.8. The zero-order valence-electron chi connectivity index (χ0n) is 18.0. The number of aromatic nitrogens is 2. The number of guanidine groups is 1. The third-order valence-corrected chi connectivity index (χ3v) is 4.37. The molecule has 3 N–H and O–H groups in total. The lowest BCUT2D eigenvalue weighted by Crippen LogP contribution is -2.42. The van der Waals surface area contributed by atoms with E-state index in [1.165, 1.54) is 0 Å². The van der Waals surface area contributed by atoms with Gasteiger partial charge < -0.3 is 20.5 Å². The Kier molecular flexibility index (Phi) is 10.1. The van der Waals surface area contributed by atoms with Gasteiger partial charge in [-0.05, 0) is 33.3 Å². The molecular formula is C21H33IN6O. The normalized spacial score (nSPS) is 11.6. The molecule has 29 heavy (non-hydrogen) atoms. The summed E-state index contributed by atoms with van der Waals surface area (Å²) >= 11 is 0. The van der Waals surface area contributed by atoms with Gasteiger partial charge in [0.15, 0.2) is 5.96 Å². The van der Waals surface area contributed by atoms with E-state index >= 15 is 0 Å². The summed E-state index contributed by atoms with van der Waals surface area (Å²) in [5, 5.41) is 6.16. The fraction of sp³-hybridized carbons (Fsp3) is 0.476. The molecule has 0 saturated carbocycles. The predicted molar refractivity (Wildman–Crippen MR) is 129 cm³/mol. The lowest BCUT2D eigenvalue weighted by atomic mass is 9.92. The summed E-state index contributed by atoms with van der Waals surface area (Å²) in [4.78, 5) is 26.7. The number of rotatable bonds is 8. The van der Waals surface area contributed by atoms with E-state index in [0.29, 0.717) is 19.6 Å². The van der Waals surface area contributed by atoms with Crippen molar-refractivity contribution in [2.75, 3.05) is 26.7 Å². The zero-order valence-corrected chi connectivity index (χ0v) is 20.3. The molecule has 0 aliphatic heterocycles. The number of hydrogen-bond acceptors (Lipinski definition) is 3. The molecule has 1 heterocycles. The van der Waals surface area contributed by atoms with Crippen LogP contribution in [0.25, 0.3) is 11.3 Å². The van der Waals surface area contributed by atoms with Crippen LogP contribution in [0.4, 0.5) is 0 Å². The Morgan fingerprint density at radius 2 is 1.83 bits per heavy atom. The number of nitrogens with zero attached hydrogens (tertiary/aromatic N) is 3. The van der Waals surface area contributed by atoms with Crippen molar-refractivity contribution in [2.45, 2.75) is 34.2 Å². The molecular weight excluding hydrogens is 479 g/mol. The number of nitrogens with one attached hydrogen (secondary N) is 3. The quantitative estimate of drug-likeness (QED) is 0.288. The molecule has 0 saturated heterocycles. The topological polar surface area (TPSA) is 85.4 Å². The van der Waals surface area contributed by atoms with Crippen LogP contribution in [0.2, 0.25) is 0 Å². The van der Waals surface area contributed by atoms with Crippen molar-refractivity contribution < 1.29 is 4.79 Å². The number of benzene rings is 1. The molecule has 0 fully saturated rings. The van der Waals surface area contributed by atoms with Gasteiger partial charge in [0.25, 0.3) is 0 Å². The summed E-state index contributed by atoms with van der Waals surface area (Å²) in [6, 6.07) is 10.1. The molecule has 0 unspecified atom stereocenters. The average molecular weight is 512 g/mol. The van der Waals surface area contributed by atoms with Crippen molar-refractivity contribution in [3.63, 3.8) is 0 Å². The maximum absolute atomic E-state index is 12.2. The number of amides is 1. The number of imidazole rings is 1. The highest BCUT2D eigenvalue weighted by molar-refractivity contribution is 14.0. The molecule has 8 heteroatoms. The van der Waals surface area contributed by atoms with E-state index in [2.05, 4.69) is 37.7 Å². The summed E-state index contributed by atoms with van der Waals surface area (Å²) in [6.07, 6.45) is 1.85. The van der Waals surface area contributed by atoms with Gasteiger partial charge in [-0.15, -0.1) is 24.0 Å². The summed E-state index contributed by atoms with van der Waals surface area (Å²) in [6.45, 7) is 10.1. The Morgan fingerprint density at radius 1 is 1.17 bits per heavy atom. The first-order chi connectivity index (χ1) is 13.4. The third-order valence-electron chi connectivity index (χ3n) is 4.37. The van der Waals surface area contributed by atoms with Crippen molar-refractivity contribution in [3.05, 3.63) is 42.4 Å². The van der Waals surface area contributed by atoms with E-state index in [-0.39, 0.29) is 29.9 Å². The molecule has 1 aromatic heterocycles. The first kappa shape index (κ1) is 24.9. The van der Waals surface area contributed by atoms with Crippen LogP contribution in [0.3, 0.4) is 0 Å². The van der Waals surface area contributed by atoms with Crippen LogP contribution in [-0.2, 0) is 11.3 Å². The summed E-state index contributed by atoms with van der Waals surface area (Å²) in [5.74, 6) is 1.61. The molecule has 0 atom stereocenters. The Labute approximate surface area is 190 Å². The van der Waals surface area contributed by atoms with Gasteiger partial charge in [-0.2, -0.15) is 0 Å². The number of carbonyl (C=O) groups is 1. The fourth-order valence-corrected chi connectivity index (χ4v) is 2.72. The summed E-state index contributed by atoms with van der Waals surface area (Å²) in [5.41, 5.74) is 1.53. The van der Waals surface area contributed by atoms with Crippen LogP contribution in [0, 0.1) is 5.41 Å². The van der Waals surface area contributed by atoms with Gasteiger partial charge >= 0.3 is 0 Å². The van der Waals surface area contributed by atoms with Crippen LogP contribution in [0.5, 0.6) is 0 Å². The van der Waals surface area contributed by atoms with Crippen LogP contribution < -0.4 is 10.6 Å². The highest BCUT2D eigenvalue weighted by atomic mass is 127. The van der Waals surface area contributed by atoms with Gasteiger partial charge in [0.2, 0.25) is 5.91 Å². The second-order valence-corrected chi connectivity index (χ2v) is 7.38. The van der Waals surface area contributed by atoms with Crippen LogP contribution in [-0.4, -0.2) is 53.4 Å². The van der Waals surface area contributed by atoms with Crippen LogP contribution in [0.15, 0.2) is 41.5 Å². The van der Waals surface area contributed by atoms with Crippen molar-refractivity contribution in [1.29, 1.82) is 0 Å².